The zero-order valence-electron chi connectivity index (χ0n) is 17.9. The number of carboxylic acids is 1. The molecule has 164 valence electrons. The van der Waals surface area contributed by atoms with E-state index in [0.717, 1.165) is 24.0 Å². The maximum Gasteiger partial charge on any atom is 0.407 e. The Morgan fingerprint density at radius 2 is 1.58 bits per heavy atom. The number of amides is 1. The Labute approximate surface area is 183 Å². The van der Waals surface area contributed by atoms with E-state index in [1.807, 2.05) is 24.3 Å². The highest BCUT2D eigenvalue weighted by molar-refractivity contribution is 5.81. The predicted octanol–water partition coefficient (Wildman–Crippen LogP) is 5.73. The summed E-state index contributed by atoms with van der Waals surface area (Å²) in [4.78, 5) is 24.0. The zero-order chi connectivity index (χ0) is 21.6. The second-order valence-corrected chi connectivity index (χ2v) is 8.80. The molecule has 0 aromatic heterocycles. The van der Waals surface area contributed by atoms with Crippen LogP contribution < -0.4 is 5.32 Å². The van der Waals surface area contributed by atoms with Crippen molar-refractivity contribution in [3.63, 3.8) is 0 Å². The van der Waals surface area contributed by atoms with Crippen LogP contribution in [0.2, 0.25) is 0 Å². The highest BCUT2D eigenvalue weighted by Gasteiger charge is 2.29. The van der Waals surface area contributed by atoms with E-state index < -0.39 is 18.1 Å². The number of carboxylic acid groups (broad SMARTS) is 1. The Morgan fingerprint density at radius 3 is 2.19 bits per heavy atom. The van der Waals surface area contributed by atoms with Gasteiger partial charge in [-0.3, -0.25) is 0 Å². The average molecular weight is 422 g/mol. The van der Waals surface area contributed by atoms with Crippen LogP contribution in [0.4, 0.5) is 4.79 Å². The van der Waals surface area contributed by atoms with Crippen LogP contribution in [0.5, 0.6) is 0 Å². The van der Waals surface area contributed by atoms with E-state index in [4.69, 9.17) is 4.74 Å². The molecule has 0 bridgehead atoms. The Morgan fingerprint density at radius 1 is 0.968 bits per heavy atom. The summed E-state index contributed by atoms with van der Waals surface area (Å²) in [5.41, 5.74) is 4.61. The molecule has 1 atom stereocenters. The first kappa shape index (κ1) is 21.4. The fourth-order valence-corrected chi connectivity index (χ4v) is 5.13. The Balaban J connectivity index is 1.31. The van der Waals surface area contributed by atoms with Crippen LogP contribution in [0.25, 0.3) is 11.1 Å². The SMILES string of the molecule is O=C(NC(CCCC1CCCCC1)C(=O)O)OCC1c2ccccc2-c2ccccc21. The Bertz CT molecular complexity index is 874. The molecule has 31 heavy (non-hydrogen) atoms. The maximum atomic E-state index is 12.4. The van der Waals surface area contributed by atoms with Crippen LogP contribution in [0, 0.1) is 5.92 Å². The van der Waals surface area contributed by atoms with E-state index in [-0.39, 0.29) is 12.5 Å². The van der Waals surface area contributed by atoms with Crippen LogP contribution >= 0.6 is 0 Å². The molecule has 2 aromatic carbocycles. The molecule has 0 radical (unpaired) electrons. The molecule has 5 heteroatoms. The molecule has 0 saturated heterocycles. The van der Waals surface area contributed by atoms with Crippen molar-refractivity contribution in [1.82, 2.24) is 5.32 Å². The monoisotopic (exact) mass is 421 g/mol. The quantitative estimate of drug-likeness (QED) is 0.571. The minimum Gasteiger partial charge on any atom is -0.480 e. The number of rotatable bonds is 8. The van der Waals surface area contributed by atoms with Crippen molar-refractivity contribution in [3.8, 4) is 11.1 Å². The minimum absolute atomic E-state index is 0.0345. The van der Waals surface area contributed by atoms with Crippen molar-refractivity contribution in [2.75, 3.05) is 6.61 Å². The number of fused-ring (bicyclic) bond motifs is 3. The average Bonchev–Trinajstić information content (AvgIpc) is 3.11. The molecule has 4 rings (SSSR count). The van der Waals surface area contributed by atoms with Gasteiger partial charge in [0.25, 0.3) is 0 Å². The number of ether oxygens (including phenoxy) is 1. The third kappa shape index (κ3) is 5.09. The first-order valence-electron chi connectivity index (χ1n) is 11.5. The summed E-state index contributed by atoms with van der Waals surface area (Å²) in [6.07, 6.45) is 8.01. The molecule has 2 aromatic rings. The van der Waals surface area contributed by atoms with Gasteiger partial charge in [0.15, 0.2) is 0 Å². The fraction of sp³-hybridized carbons (Fsp3) is 0.462. The molecule has 0 spiro atoms. The van der Waals surface area contributed by atoms with Crippen LogP contribution in [-0.2, 0) is 9.53 Å². The van der Waals surface area contributed by atoms with E-state index >= 15 is 0 Å². The smallest absolute Gasteiger partial charge is 0.407 e. The molecule has 2 N–H and O–H groups in total. The Kier molecular flexibility index (Phi) is 6.90. The standard InChI is InChI=1S/C26H31NO4/c28-25(29)24(16-8-11-18-9-2-1-3-10-18)27-26(30)31-17-23-21-14-6-4-12-19(21)20-13-5-7-15-22(20)23/h4-7,12-15,18,23-24H,1-3,8-11,16-17H2,(H,27,30)(H,28,29). The lowest BCUT2D eigenvalue weighted by Gasteiger charge is -2.22. The summed E-state index contributed by atoms with van der Waals surface area (Å²) in [5, 5.41) is 12.1. The maximum absolute atomic E-state index is 12.4. The number of carbonyl (C=O) groups is 2. The lowest BCUT2D eigenvalue weighted by atomic mass is 9.85. The number of aliphatic carboxylic acids is 1. The number of benzene rings is 2. The summed E-state index contributed by atoms with van der Waals surface area (Å²) < 4.78 is 5.50. The number of hydrogen-bond donors (Lipinski definition) is 2. The molecule has 1 saturated carbocycles. The molecule has 0 aliphatic heterocycles. The second kappa shape index (κ2) is 9.99. The number of carbonyl (C=O) groups excluding carboxylic acids is 1. The predicted molar refractivity (Wildman–Crippen MR) is 120 cm³/mol. The molecule has 1 unspecified atom stereocenters. The topological polar surface area (TPSA) is 75.6 Å². The summed E-state index contributed by atoms with van der Waals surface area (Å²) in [7, 11) is 0. The van der Waals surface area contributed by atoms with Crippen molar-refractivity contribution >= 4 is 12.1 Å². The van der Waals surface area contributed by atoms with Gasteiger partial charge in [0.05, 0.1) is 0 Å². The lowest BCUT2D eigenvalue weighted by Crippen LogP contribution is -2.41. The molecule has 2 aliphatic rings. The highest BCUT2D eigenvalue weighted by atomic mass is 16.5. The van der Waals surface area contributed by atoms with E-state index in [9.17, 15) is 14.7 Å². The largest absolute Gasteiger partial charge is 0.480 e. The van der Waals surface area contributed by atoms with Crippen molar-refractivity contribution < 1.29 is 19.4 Å². The lowest BCUT2D eigenvalue weighted by molar-refractivity contribution is -0.139. The van der Waals surface area contributed by atoms with E-state index in [1.54, 1.807) is 0 Å². The van der Waals surface area contributed by atoms with Gasteiger partial charge in [0, 0.05) is 5.92 Å². The van der Waals surface area contributed by atoms with Gasteiger partial charge in [-0.2, -0.15) is 0 Å². The van der Waals surface area contributed by atoms with Crippen molar-refractivity contribution in [2.45, 2.75) is 63.3 Å². The van der Waals surface area contributed by atoms with Gasteiger partial charge in [0.2, 0.25) is 0 Å². The molecule has 1 amide bonds. The zero-order valence-corrected chi connectivity index (χ0v) is 17.9. The normalized spacial score (nSPS) is 16.9. The molecule has 1 fully saturated rings. The van der Waals surface area contributed by atoms with Gasteiger partial charge >= 0.3 is 12.1 Å². The van der Waals surface area contributed by atoms with Gasteiger partial charge in [-0.05, 0) is 34.6 Å². The van der Waals surface area contributed by atoms with E-state index in [2.05, 4.69) is 29.6 Å². The summed E-state index contributed by atoms with van der Waals surface area (Å²) in [5.74, 6) is -0.331. The van der Waals surface area contributed by atoms with Crippen molar-refractivity contribution in [2.24, 2.45) is 5.92 Å². The molecular formula is C26H31NO4. The number of nitrogens with one attached hydrogen (secondary N) is 1. The van der Waals surface area contributed by atoms with Crippen molar-refractivity contribution in [3.05, 3.63) is 59.7 Å². The molecule has 5 nitrogen and oxygen atoms in total. The van der Waals surface area contributed by atoms with E-state index in [0.29, 0.717) is 12.3 Å². The summed E-state index contributed by atoms with van der Waals surface area (Å²) in [6.45, 7) is 0.189. The Hall–Kier alpha value is -2.82. The highest BCUT2D eigenvalue weighted by Crippen LogP contribution is 2.44. The van der Waals surface area contributed by atoms with Gasteiger partial charge < -0.3 is 15.2 Å². The second-order valence-electron chi connectivity index (χ2n) is 8.80. The van der Waals surface area contributed by atoms with Gasteiger partial charge in [-0.25, -0.2) is 9.59 Å². The number of alkyl carbamates (subject to hydrolysis) is 1. The number of hydrogen-bond acceptors (Lipinski definition) is 3. The third-order valence-corrected chi connectivity index (χ3v) is 6.76. The molecule has 0 heterocycles. The third-order valence-electron chi connectivity index (χ3n) is 6.76. The summed E-state index contributed by atoms with van der Waals surface area (Å²) in [6, 6.07) is 15.4. The van der Waals surface area contributed by atoms with Gasteiger partial charge in [-0.15, -0.1) is 0 Å². The first-order chi connectivity index (χ1) is 15.1. The van der Waals surface area contributed by atoms with E-state index in [1.165, 1.54) is 43.2 Å². The van der Waals surface area contributed by atoms with Gasteiger partial charge in [-0.1, -0.05) is 93.5 Å². The first-order valence-corrected chi connectivity index (χ1v) is 11.5. The summed E-state index contributed by atoms with van der Waals surface area (Å²) >= 11 is 0. The van der Waals surface area contributed by atoms with Crippen LogP contribution in [0.3, 0.4) is 0 Å². The molecular weight excluding hydrogens is 390 g/mol. The minimum atomic E-state index is -1.00. The fourth-order valence-electron chi connectivity index (χ4n) is 5.13. The van der Waals surface area contributed by atoms with Crippen LogP contribution in [0.1, 0.15) is 68.4 Å². The van der Waals surface area contributed by atoms with Crippen LogP contribution in [0.15, 0.2) is 48.5 Å². The molecule has 2 aliphatic carbocycles. The van der Waals surface area contributed by atoms with Crippen LogP contribution in [-0.4, -0.2) is 29.8 Å². The van der Waals surface area contributed by atoms with Gasteiger partial charge in [0.1, 0.15) is 12.6 Å². The van der Waals surface area contributed by atoms with Crippen molar-refractivity contribution in [1.29, 1.82) is 0 Å².